The van der Waals surface area contributed by atoms with Gasteiger partial charge >= 0.3 is 0 Å². The van der Waals surface area contributed by atoms with Crippen molar-refractivity contribution in [3.63, 3.8) is 0 Å². The van der Waals surface area contributed by atoms with Crippen molar-refractivity contribution in [3.8, 4) is 0 Å². The van der Waals surface area contributed by atoms with Gasteiger partial charge in [-0.05, 0) is 89.0 Å². The molecule has 0 aliphatic heterocycles. The van der Waals surface area contributed by atoms with Gasteiger partial charge in [0.1, 0.15) is 0 Å². The van der Waals surface area contributed by atoms with Gasteiger partial charge in [-0.2, -0.15) is 0 Å². The van der Waals surface area contributed by atoms with E-state index in [-0.39, 0.29) is 17.9 Å². The Morgan fingerprint density at radius 1 is 1.45 bits per heavy atom. The van der Waals surface area contributed by atoms with Gasteiger partial charge in [0.15, 0.2) is 0 Å². The summed E-state index contributed by atoms with van der Waals surface area (Å²) in [4.78, 5) is 0. The molecule has 2 aliphatic carbocycles. The third-order valence-electron chi connectivity index (χ3n) is 6.17. The van der Waals surface area contributed by atoms with Gasteiger partial charge in [0.05, 0.1) is 11.7 Å². The van der Waals surface area contributed by atoms with E-state index in [9.17, 15) is 10.2 Å². The minimum atomic E-state index is -0.626. The standard InChI is InChI=1S/C20H34O2/c1-13(2)7-6-8-14(3)16-11-12-20(5,22)17-10-9-15(4)19(21)18(16)17/h7,9,14,16-19,21-22H,6,8,10-12H2,1-5H3/t14-,16?,17+,18-,19-,20-/m1/s1. The Balaban J connectivity index is 2.14. The lowest BCUT2D eigenvalue weighted by Gasteiger charge is -2.52. The van der Waals surface area contributed by atoms with Crippen molar-refractivity contribution in [1.82, 2.24) is 0 Å². The normalized spacial score (nSPS) is 39.7. The maximum absolute atomic E-state index is 10.8. The van der Waals surface area contributed by atoms with Gasteiger partial charge in [0.25, 0.3) is 0 Å². The molecular weight excluding hydrogens is 272 g/mol. The fourth-order valence-electron chi connectivity index (χ4n) is 4.66. The highest BCUT2D eigenvalue weighted by molar-refractivity contribution is 5.17. The van der Waals surface area contributed by atoms with Crippen molar-refractivity contribution in [3.05, 3.63) is 23.3 Å². The molecule has 126 valence electrons. The molecule has 2 rings (SSSR count). The van der Waals surface area contributed by atoms with Crippen molar-refractivity contribution in [1.29, 1.82) is 0 Å². The first kappa shape index (κ1) is 17.7. The highest BCUT2D eigenvalue weighted by atomic mass is 16.3. The van der Waals surface area contributed by atoms with Crippen LogP contribution in [0.1, 0.15) is 66.7 Å². The van der Waals surface area contributed by atoms with E-state index in [0.717, 1.165) is 31.3 Å². The van der Waals surface area contributed by atoms with Crippen molar-refractivity contribution in [2.45, 2.75) is 78.4 Å². The Morgan fingerprint density at radius 3 is 2.77 bits per heavy atom. The van der Waals surface area contributed by atoms with E-state index in [1.54, 1.807) is 0 Å². The number of aliphatic hydroxyl groups excluding tert-OH is 1. The van der Waals surface area contributed by atoms with Crippen LogP contribution in [0, 0.1) is 23.7 Å². The molecule has 0 spiro atoms. The van der Waals surface area contributed by atoms with E-state index < -0.39 is 5.60 Å². The summed E-state index contributed by atoms with van der Waals surface area (Å²) in [6.07, 6.45) is 9.19. The van der Waals surface area contributed by atoms with Crippen LogP contribution in [-0.2, 0) is 0 Å². The zero-order chi connectivity index (χ0) is 16.5. The summed E-state index contributed by atoms with van der Waals surface area (Å²) >= 11 is 0. The largest absolute Gasteiger partial charge is 0.390 e. The molecule has 6 atom stereocenters. The predicted molar refractivity (Wildman–Crippen MR) is 92.5 cm³/mol. The lowest BCUT2D eigenvalue weighted by atomic mass is 9.56. The molecule has 0 saturated heterocycles. The molecule has 0 amide bonds. The van der Waals surface area contributed by atoms with Gasteiger partial charge in [-0.3, -0.25) is 0 Å². The second-order valence-corrected chi connectivity index (χ2v) is 8.21. The molecule has 0 bridgehead atoms. The highest BCUT2D eigenvalue weighted by Gasteiger charge is 2.50. The highest BCUT2D eigenvalue weighted by Crippen LogP contribution is 2.51. The fraction of sp³-hybridized carbons (Fsp3) is 0.800. The summed E-state index contributed by atoms with van der Waals surface area (Å²) in [5.41, 5.74) is 1.85. The average Bonchev–Trinajstić information content (AvgIpc) is 2.42. The molecule has 1 saturated carbocycles. The van der Waals surface area contributed by atoms with E-state index in [1.165, 1.54) is 12.0 Å². The van der Waals surface area contributed by atoms with Crippen LogP contribution in [0.3, 0.4) is 0 Å². The molecule has 0 heterocycles. The van der Waals surface area contributed by atoms with Gasteiger partial charge in [-0.25, -0.2) is 0 Å². The molecule has 22 heavy (non-hydrogen) atoms. The average molecular weight is 306 g/mol. The van der Waals surface area contributed by atoms with Crippen LogP contribution in [0.2, 0.25) is 0 Å². The van der Waals surface area contributed by atoms with Crippen LogP contribution in [0.25, 0.3) is 0 Å². The van der Waals surface area contributed by atoms with Crippen LogP contribution in [0.4, 0.5) is 0 Å². The van der Waals surface area contributed by atoms with Crippen molar-refractivity contribution in [2.24, 2.45) is 23.7 Å². The molecule has 0 aromatic carbocycles. The topological polar surface area (TPSA) is 40.5 Å². The summed E-state index contributed by atoms with van der Waals surface area (Å²) in [7, 11) is 0. The molecule has 0 aromatic rings. The Bertz CT molecular complexity index is 443. The van der Waals surface area contributed by atoms with E-state index in [2.05, 4.69) is 32.9 Å². The summed E-state index contributed by atoms with van der Waals surface area (Å²) < 4.78 is 0. The van der Waals surface area contributed by atoms with Crippen LogP contribution >= 0.6 is 0 Å². The molecule has 1 fully saturated rings. The number of rotatable bonds is 4. The lowest BCUT2D eigenvalue weighted by Crippen LogP contribution is -2.53. The second-order valence-electron chi connectivity index (χ2n) is 8.21. The molecule has 2 heteroatoms. The Kier molecular flexibility index (Phi) is 5.55. The fourth-order valence-corrected chi connectivity index (χ4v) is 4.66. The summed E-state index contributed by atoms with van der Waals surface area (Å²) in [5, 5.41) is 21.5. The third-order valence-corrected chi connectivity index (χ3v) is 6.17. The molecule has 1 unspecified atom stereocenters. The smallest absolute Gasteiger partial charge is 0.0782 e. The van der Waals surface area contributed by atoms with Crippen LogP contribution in [0.15, 0.2) is 23.3 Å². The Hall–Kier alpha value is -0.600. The van der Waals surface area contributed by atoms with Gasteiger partial charge in [0, 0.05) is 0 Å². The maximum Gasteiger partial charge on any atom is 0.0782 e. The molecular formula is C20H34O2. The number of hydrogen-bond donors (Lipinski definition) is 2. The summed E-state index contributed by atoms with van der Waals surface area (Å²) in [6, 6.07) is 0. The Labute approximate surface area is 136 Å². The van der Waals surface area contributed by atoms with Gasteiger partial charge in [0.2, 0.25) is 0 Å². The van der Waals surface area contributed by atoms with Crippen molar-refractivity contribution >= 4 is 0 Å². The first-order chi connectivity index (χ1) is 10.2. The van der Waals surface area contributed by atoms with Crippen LogP contribution < -0.4 is 0 Å². The Morgan fingerprint density at radius 2 is 2.14 bits per heavy atom. The van der Waals surface area contributed by atoms with E-state index in [4.69, 9.17) is 0 Å². The predicted octanol–water partition coefficient (Wildman–Crippen LogP) is 4.47. The number of fused-ring (bicyclic) bond motifs is 1. The monoisotopic (exact) mass is 306 g/mol. The van der Waals surface area contributed by atoms with Gasteiger partial charge in [-0.15, -0.1) is 0 Å². The minimum absolute atomic E-state index is 0.204. The number of allylic oxidation sites excluding steroid dienone is 3. The third kappa shape index (κ3) is 3.65. The quantitative estimate of drug-likeness (QED) is 0.752. The molecule has 2 aliphatic rings. The lowest BCUT2D eigenvalue weighted by molar-refractivity contribution is -0.120. The SMILES string of the molecule is CC(C)=CCC[C@@H](C)C1CC[C@@](C)(O)[C@H]2CC=C(C)[C@@H](O)[C@H]12. The van der Waals surface area contributed by atoms with E-state index in [1.807, 2.05) is 13.8 Å². The maximum atomic E-state index is 10.8. The molecule has 0 radical (unpaired) electrons. The molecule has 2 N–H and O–H groups in total. The second kappa shape index (κ2) is 6.88. The molecule has 2 nitrogen and oxygen atoms in total. The van der Waals surface area contributed by atoms with Crippen LogP contribution in [0.5, 0.6) is 0 Å². The van der Waals surface area contributed by atoms with Gasteiger partial charge in [-0.1, -0.05) is 24.6 Å². The number of hydrogen-bond acceptors (Lipinski definition) is 2. The van der Waals surface area contributed by atoms with E-state index in [0.29, 0.717) is 11.8 Å². The first-order valence-electron chi connectivity index (χ1n) is 8.94. The zero-order valence-electron chi connectivity index (χ0n) is 15.0. The number of aliphatic hydroxyl groups is 2. The summed E-state index contributed by atoms with van der Waals surface area (Å²) in [5.74, 6) is 1.54. The first-order valence-corrected chi connectivity index (χ1v) is 8.94. The van der Waals surface area contributed by atoms with Gasteiger partial charge < -0.3 is 10.2 Å². The molecule has 0 aromatic heterocycles. The van der Waals surface area contributed by atoms with E-state index >= 15 is 0 Å². The minimum Gasteiger partial charge on any atom is -0.390 e. The van der Waals surface area contributed by atoms with Crippen molar-refractivity contribution in [2.75, 3.05) is 0 Å². The summed E-state index contributed by atoms with van der Waals surface area (Å²) in [6.45, 7) is 10.6. The van der Waals surface area contributed by atoms with Crippen LogP contribution in [-0.4, -0.2) is 21.9 Å². The van der Waals surface area contributed by atoms with Crippen molar-refractivity contribution < 1.29 is 10.2 Å². The zero-order valence-corrected chi connectivity index (χ0v) is 15.0.